The summed E-state index contributed by atoms with van der Waals surface area (Å²) in [6.45, 7) is 3.97. The number of aromatic nitrogens is 1. The van der Waals surface area contributed by atoms with Crippen molar-refractivity contribution in [3.63, 3.8) is 0 Å². The highest BCUT2D eigenvalue weighted by molar-refractivity contribution is 8.00. The normalized spacial score (nSPS) is 19.2. The molecule has 1 aromatic heterocycles. The van der Waals surface area contributed by atoms with E-state index in [0.717, 1.165) is 47.2 Å². The van der Waals surface area contributed by atoms with Crippen LogP contribution in [0, 0.1) is 12.8 Å². The predicted molar refractivity (Wildman–Crippen MR) is 113 cm³/mol. The molecule has 1 heterocycles. The van der Waals surface area contributed by atoms with Crippen LogP contribution in [0.15, 0.2) is 34.0 Å². The second kappa shape index (κ2) is 10.1. The maximum Gasteiger partial charge on any atom is 0.338 e. The van der Waals surface area contributed by atoms with Crippen LogP contribution in [0.2, 0.25) is 0 Å². The number of carbonyl (C=O) groups excluding carboxylic acids is 2. The van der Waals surface area contributed by atoms with Crippen molar-refractivity contribution in [2.45, 2.75) is 55.7 Å². The lowest BCUT2D eigenvalue weighted by Gasteiger charge is -2.26. The average molecular weight is 419 g/mol. The summed E-state index contributed by atoms with van der Waals surface area (Å²) in [4.78, 5) is 29.1. The molecule has 0 saturated heterocycles. The summed E-state index contributed by atoms with van der Waals surface area (Å²) in [6, 6.07) is 7.56. The van der Waals surface area contributed by atoms with Crippen molar-refractivity contribution in [2.24, 2.45) is 5.92 Å². The molecule has 1 saturated carbocycles. The highest BCUT2D eigenvalue weighted by Crippen LogP contribution is 2.27. The second-order valence-corrected chi connectivity index (χ2v) is 9.38. The summed E-state index contributed by atoms with van der Waals surface area (Å²) < 4.78 is 6.25. The Morgan fingerprint density at radius 2 is 2.00 bits per heavy atom. The van der Waals surface area contributed by atoms with Crippen LogP contribution in [-0.2, 0) is 15.3 Å². The molecule has 0 unspecified atom stereocenters. The van der Waals surface area contributed by atoms with E-state index in [1.165, 1.54) is 0 Å². The van der Waals surface area contributed by atoms with E-state index in [0.29, 0.717) is 11.3 Å². The zero-order chi connectivity index (χ0) is 19.9. The van der Waals surface area contributed by atoms with Gasteiger partial charge in [-0.2, -0.15) is 0 Å². The Morgan fingerprint density at radius 1 is 1.25 bits per heavy atom. The molecule has 1 amide bonds. The zero-order valence-electron chi connectivity index (χ0n) is 16.3. The lowest BCUT2D eigenvalue weighted by atomic mass is 9.87. The van der Waals surface area contributed by atoms with E-state index >= 15 is 0 Å². The fourth-order valence-electron chi connectivity index (χ4n) is 3.27. The molecule has 1 aromatic carbocycles. The van der Waals surface area contributed by atoms with Crippen molar-refractivity contribution in [1.29, 1.82) is 0 Å². The molecule has 1 N–H and O–H groups in total. The number of amides is 1. The van der Waals surface area contributed by atoms with Gasteiger partial charge in [-0.05, 0) is 50.2 Å². The highest BCUT2D eigenvalue weighted by Gasteiger charge is 2.21. The van der Waals surface area contributed by atoms with Crippen LogP contribution in [0.25, 0.3) is 0 Å². The van der Waals surface area contributed by atoms with Crippen molar-refractivity contribution in [1.82, 2.24) is 10.3 Å². The van der Waals surface area contributed by atoms with Crippen molar-refractivity contribution >= 4 is 35.0 Å². The molecule has 0 atom stereocenters. The first-order chi connectivity index (χ1) is 13.5. The minimum atomic E-state index is -0.459. The van der Waals surface area contributed by atoms with E-state index < -0.39 is 5.97 Å². The number of hydrogen-bond acceptors (Lipinski definition) is 6. The molecule has 5 nitrogen and oxygen atoms in total. The predicted octanol–water partition coefficient (Wildman–Crippen LogP) is 4.60. The minimum absolute atomic E-state index is 0.202. The van der Waals surface area contributed by atoms with Crippen LogP contribution in [0.5, 0.6) is 0 Å². The van der Waals surface area contributed by atoms with Crippen molar-refractivity contribution in [3.8, 4) is 0 Å². The van der Waals surface area contributed by atoms with Gasteiger partial charge in [0.15, 0.2) is 6.61 Å². The smallest absolute Gasteiger partial charge is 0.338 e. The Bertz CT molecular complexity index is 813. The summed E-state index contributed by atoms with van der Waals surface area (Å²) in [5.41, 5.74) is 2.38. The quantitative estimate of drug-likeness (QED) is 0.526. The number of nitrogens with one attached hydrogen (secondary N) is 1. The minimum Gasteiger partial charge on any atom is -0.452 e. The number of esters is 1. The molecule has 0 bridgehead atoms. The molecule has 1 aliphatic rings. The van der Waals surface area contributed by atoms with Gasteiger partial charge in [-0.3, -0.25) is 4.79 Å². The highest BCUT2D eigenvalue weighted by atomic mass is 32.2. The molecule has 150 valence electrons. The summed E-state index contributed by atoms with van der Waals surface area (Å²) in [5.74, 6) is 0.676. The van der Waals surface area contributed by atoms with Crippen molar-refractivity contribution in [2.75, 3.05) is 6.61 Å². The second-order valence-electron chi connectivity index (χ2n) is 7.30. The first-order valence-electron chi connectivity index (χ1n) is 9.60. The molecular weight excluding hydrogens is 392 g/mol. The first-order valence-corrected chi connectivity index (χ1v) is 11.5. The van der Waals surface area contributed by atoms with Gasteiger partial charge in [0.1, 0.15) is 4.34 Å². The van der Waals surface area contributed by atoms with Gasteiger partial charge in [0.2, 0.25) is 0 Å². The van der Waals surface area contributed by atoms with Crippen LogP contribution in [-0.4, -0.2) is 29.5 Å². The lowest BCUT2D eigenvalue weighted by molar-refractivity contribution is -0.125. The van der Waals surface area contributed by atoms with Crippen molar-refractivity contribution < 1.29 is 14.3 Å². The Balaban J connectivity index is 1.50. The van der Waals surface area contributed by atoms with Crippen LogP contribution < -0.4 is 5.32 Å². The van der Waals surface area contributed by atoms with E-state index in [1.54, 1.807) is 29.2 Å². The maximum absolute atomic E-state index is 12.5. The Morgan fingerprint density at radius 3 is 2.71 bits per heavy atom. The Labute approximate surface area is 174 Å². The Hall–Kier alpha value is -1.86. The first kappa shape index (κ1) is 20.9. The zero-order valence-corrected chi connectivity index (χ0v) is 17.9. The SMILES string of the molecule is Cc1csc(SCc2ccccc2C(=O)OCC(=O)NC2CCC(C)CC2)n1. The molecule has 0 spiro atoms. The fourth-order valence-corrected chi connectivity index (χ4v) is 5.12. The molecule has 3 rings (SSSR count). The van der Waals surface area contributed by atoms with Gasteiger partial charge in [0.25, 0.3) is 5.91 Å². The third kappa shape index (κ3) is 6.07. The van der Waals surface area contributed by atoms with Gasteiger partial charge in [0, 0.05) is 22.9 Å². The summed E-state index contributed by atoms with van der Waals surface area (Å²) in [7, 11) is 0. The van der Waals surface area contributed by atoms with Crippen LogP contribution in [0.1, 0.15) is 54.2 Å². The van der Waals surface area contributed by atoms with E-state index in [4.69, 9.17) is 4.74 Å². The molecule has 28 heavy (non-hydrogen) atoms. The van der Waals surface area contributed by atoms with Gasteiger partial charge < -0.3 is 10.1 Å². The molecule has 0 radical (unpaired) electrons. The number of hydrogen-bond donors (Lipinski definition) is 1. The third-order valence-electron chi connectivity index (χ3n) is 4.90. The number of ether oxygens (including phenoxy) is 1. The van der Waals surface area contributed by atoms with Gasteiger partial charge in [-0.15, -0.1) is 11.3 Å². The lowest BCUT2D eigenvalue weighted by Crippen LogP contribution is -2.39. The van der Waals surface area contributed by atoms with E-state index in [-0.39, 0.29) is 18.6 Å². The number of benzene rings is 1. The average Bonchev–Trinajstić information content (AvgIpc) is 3.12. The monoisotopic (exact) mass is 418 g/mol. The number of thioether (sulfide) groups is 1. The molecular formula is C21H26N2O3S2. The molecule has 1 fully saturated rings. The van der Waals surface area contributed by atoms with Gasteiger partial charge in [-0.25, -0.2) is 9.78 Å². The van der Waals surface area contributed by atoms with Gasteiger partial charge in [0.05, 0.1) is 5.56 Å². The number of rotatable bonds is 7. The molecule has 2 aromatic rings. The van der Waals surface area contributed by atoms with E-state index in [2.05, 4.69) is 17.2 Å². The van der Waals surface area contributed by atoms with Gasteiger partial charge >= 0.3 is 5.97 Å². The molecule has 0 aliphatic heterocycles. The Kier molecular flexibility index (Phi) is 7.50. The van der Waals surface area contributed by atoms with Crippen LogP contribution in [0.3, 0.4) is 0 Å². The molecule has 1 aliphatic carbocycles. The maximum atomic E-state index is 12.5. The fraction of sp³-hybridized carbons (Fsp3) is 0.476. The third-order valence-corrected chi connectivity index (χ3v) is 7.09. The standard InChI is InChI=1S/C21H26N2O3S2/c1-14-7-9-17(10-8-14)23-19(24)11-26-20(25)18-6-4-3-5-16(18)13-28-21-22-15(2)12-27-21/h3-6,12,14,17H,7-11,13H2,1-2H3,(H,23,24). The largest absolute Gasteiger partial charge is 0.452 e. The summed E-state index contributed by atoms with van der Waals surface area (Å²) >= 11 is 3.19. The topological polar surface area (TPSA) is 68.3 Å². The van der Waals surface area contributed by atoms with Gasteiger partial charge in [-0.1, -0.05) is 36.9 Å². The molecule has 7 heteroatoms. The number of thiazole rings is 1. The van der Waals surface area contributed by atoms with Crippen molar-refractivity contribution in [3.05, 3.63) is 46.5 Å². The summed E-state index contributed by atoms with van der Waals surface area (Å²) in [5, 5.41) is 4.99. The summed E-state index contributed by atoms with van der Waals surface area (Å²) in [6.07, 6.45) is 4.26. The van der Waals surface area contributed by atoms with E-state index in [1.807, 2.05) is 30.5 Å². The number of aryl methyl sites for hydroxylation is 1. The number of nitrogens with zero attached hydrogens (tertiary/aromatic N) is 1. The number of carbonyl (C=O) groups is 2. The van der Waals surface area contributed by atoms with Crippen LogP contribution in [0.4, 0.5) is 0 Å². The van der Waals surface area contributed by atoms with Crippen LogP contribution >= 0.6 is 23.1 Å². The van der Waals surface area contributed by atoms with E-state index in [9.17, 15) is 9.59 Å².